The molecule has 1 aliphatic heterocycles. The molecular weight excluding hydrogens is 228 g/mol. The highest BCUT2D eigenvalue weighted by molar-refractivity contribution is 5.78. The molecule has 0 aliphatic carbocycles. The van der Waals surface area contributed by atoms with E-state index in [0.29, 0.717) is 26.2 Å². The molecule has 0 spiro atoms. The molecule has 1 atom stereocenters. The highest BCUT2D eigenvalue weighted by Gasteiger charge is 2.23. The number of carbonyl (C=O) groups excluding carboxylic acids is 1. The zero-order chi connectivity index (χ0) is 13.0. The minimum Gasteiger partial charge on any atom is -0.491 e. The van der Waals surface area contributed by atoms with Crippen LogP contribution in [0.25, 0.3) is 0 Å². The summed E-state index contributed by atoms with van der Waals surface area (Å²) in [6.07, 6.45) is 0.734. The summed E-state index contributed by atoms with van der Waals surface area (Å²) in [5.74, 6) is 1.04. The molecule has 0 aromatic heterocycles. The fourth-order valence-electron chi connectivity index (χ4n) is 2.20. The second-order valence-corrected chi connectivity index (χ2v) is 4.69. The molecule has 98 valence electrons. The lowest BCUT2D eigenvalue weighted by Crippen LogP contribution is -2.36. The molecule has 2 rings (SSSR count). The van der Waals surface area contributed by atoms with Crippen LogP contribution in [0, 0.1) is 5.92 Å². The Morgan fingerprint density at radius 1 is 1.50 bits per heavy atom. The van der Waals surface area contributed by atoms with Gasteiger partial charge in [-0.25, -0.2) is 0 Å². The lowest BCUT2D eigenvalue weighted by Gasteiger charge is -2.23. The first-order chi connectivity index (χ1) is 8.72. The van der Waals surface area contributed by atoms with E-state index in [-0.39, 0.29) is 11.8 Å². The number of rotatable bonds is 3. The van der Waals surface area contributed by atoms with Crippen molar-refractivity contribution in [2.24, 2.45) is 11.7 Å². The van der Waals surface area contributed by atoms with Crippen molar-refractivity contribution < 1.29 is 9.53 Å². The van der Waals surface area contributed by atoms with Crippen LogP contribution >= 0.6 is 0 Å². The van der Waals surface area contributed by atoms with Gasteiger partial charge in [0.1, 0.15) is 12.4 Å². The van der Waals surface area contributed by atoms with E-state index in [4.69, 9.17) is 10.5 Å². The fourth-order valence-corrected chi connectivity index (χ4v) is 2.20. The summed E-state index contributed by atoms with van der Waals surface area (Å²) in [5, 5.41) is 0. The summed E-state index contributed by atoms with van der Waals surface area (Å²) in [6.45, 7) is 4.31. The van der Waals surface area contributed by atoms with Gasteiger partial charge in [-0.1, -0.05) is 25.1 Å². The lowest BCUT2D eigenvalue weighted by atomic mass is 10.1. The normalized spacial score (nSPS) is 16.4. The van der Waals surface area contributed by atoms with Crippen LogP contribution in [0.4, 0.5) is 0 Å². The molecule has 0 saturated carbocycles. The number of hydrogen-bond donors (Lipinski definition) is 1. The van der Waals surface area contributed by atoms with Crippen molar-refractivity contribution in [1.82, 2.24) is 4.90 Å². The average molecular weight is 248 g/mol. The van der Waals surface area contributed by atoms with E-state index < -0.39 is 0 Å². The van der Waals surface area contributed by atoms with Crippen LogP contribution in [-0.2, 0) is 11.3 Å². The highest BCUT2D eigenvalue weighted by Crippen LogP contribution is 2.23. The molecule has 2 N–H and O–H groups in total. The molecule has 0 radical (unpaired) electrons. The van der Waals surface area contributed by atoms with E-state index in [2.05, 4.69) is 0 Å². The van der Waals surface area contributed by atoms with E-state index in [1.807, 2.05) is 36.1 Å². The number of ether oxygens (including phenoxy) is 1. The van der Waals surface area contributed by atoms with Gasteiger partial charge >= 0.3 is 0 Å². The summed E-state index contributed by atoms with van der Waals surface area (Å²) in [5.41, 5.74) is 6.58. The third-order valence-corrected chi connectivity index (χ3v) is 3.29. The molecule has 0 fully saturated rings. The number of nitrogens with two attached hydrogens (primary N) is 1. The van der Waals surface area contributed by atoms with Crippen molar-refractivity contribution in [3.63, 3.8) is 0 Å². The molecule has 1 heterocycles. The maximum absolute atomic E-state index is 12.3. The van der Waals surface area contributed by atoms with Gasteiger partial charge in [-0.15, -0.1) is 0 Å². The number of nitrogens with zero attached hydrogens (tertiary/aromatic N) is 1. The molecule has 1 aromatic carbocycles. The molecular formula is C14H20N2O2. The van der Waals surface area contributed by atoms with Gasteiger partial charge in [-0.05, 0) is 19.0 Å². The van der Waals surface area contributed by atoms with Crippen LogP contribution in [0.15, 0.2) is 24.3 Å². The number of amides is 1. The zero-order valence-corrected chi connectivity index (χ0v) is 10.8. The monoisotopic (exact) mass is 248 g/mol. The van der Waals surface area contributed by atoms with Crippen LogP contribution in [-0.4, -0.2) is 30.5 Å². The van der Waals surface area contributed by atoms with Gasteiger partial charge in [0.2, 0.25) is 5.91 Å². The molecule has 1 amide bonds. The predicted molar refractivity (Wildman–Crippen MR) is 70.2 cm³/mol. The average Bonchev–Trinajstić information content (AvgIpc) is 2.60. The molecule has 1 unspecified atom stereocenters. The van der Waals surface area contributed by atoms with Crippen LogP contribution in [0.2, 0.25) is 0 Å². The van der Waals surface area contributed by atoms with E-state index >= 15 is 0 Å². The van der Waals surface area contributed by atoms with Gasteiger partial charge in [-0.2, -0.15) is 0 Å². The minimum absolute atomic E-state index is 0.0136. The molecule has 1 aromatic rings. The Morgan fingerprint density at radius 2 is 2.28 bits per heavy atom. The van der Waals surface area contributed by atoms with Gasteiger partial charge in [-0.3, -0.25) is 4.79 Å². The first-order valence-corrected chi connectivity index (χ1v) is 6.42. The minimum atomic E-state index is -0.0136. The number of carbonyl (C=O) groups is 1. The molecule has 18 heavy (non-hydrogen) atoms. The molecule has 1 aliphatic rings. The van der Waals surface area contributed by atoms with Crippen LogP contribution < -0.4 is 10.5 Å². The summed E-state index contributed by atoms with van der Waals surface area (Å²) in [4.78, 5) is 14.1. The maximum atomic E-state index is 12.3. The largest absolute Gasteiger partial charge is 0.491 e. The maximum Gasteiger partial charge on any atom is 0.225 e. The van der Waals surface area contributed by atoms with Crippen LogP contribution in [0.3, 0.4) is 0 Å². The summed E-state index contributed by atoms with van der Waals surface area (Å²) in [7, 11) is 0. The third-order valence-electron chi connectivity index (χ3n) is 3.29. The Hall–Kier alpha value is -1.55. The Bertz CT molecular complexity index is 420. The van der Waals surface area contributed by atoms with Gasteiger partial charge in [0.25, 0.3) is 0 Å². The first kappa shape index (κ1) is 12.9. The number of hydrogen-bond acceptors (Lipinski definition) is 3. The Labute approximate surface area is 108 Å². The predicted octanol–water partition coefficient (Wildman–Crippen LogP) is 1.39. The zero-order valence-electron chi connectivity index (χ0n) is 10.8. The topological polar surface area (TPSA) is 55.6 Å². The smallest absolute Gasteiger partial charge is 0.225 e. The first-order valence-electron chi connectivity index (χ1n) is 6.42. The van der Waals surface area contributed by atoms with Crippen molar-refractivity contribution in [1.29, 1.82) is 0 Å². The Morgan fingerprint density at radius 3 is 3.06 bits per heavy atom. The molecule has 4 nitrogen and oxygen atoms in total. The summed E-state index contributed by atoms with van der Waals surface area (Å²) >= 11 is 0. The van der Waals surface area contributed by atoms with Crippen LogP contribution in [0.5, 0.6) is 5.75 Å². The second kappa shape index (κ2) is 5.87. The molecule has 0 saturated heterocycles. The van der Waals surface area contributed by atoms with E-state index in [9.17, 15) is 4.79 Å². The molecule has 4 heteroatoms. The highest BCUT2D eigenvalue weighted by atomic mass is 16.5. The van der Waals surface area contributed by atoms with Crippen molar-refractivity contribution in [2.75, 3.05) is 19.7 Å². The second-order valence-electron chi connectivity index (χ2n) is 4.69. The number of benzene rings is 1. The Balaban J connectivity index is 2.10. The van der Waals surface area contributed by atoms with Crippen LogP contribution in [0.1, 0.15) is 18.9 Å². The van der Waals surface area contributed by atoms with Crippen molar-refractivity contribution in [2.45, 2.75) is 19.9 Å². The summed E-state index contributed by atoms with van der Waals surface area (Å²) < 4.78 is 5.65. The SMILES string of the molecule is CC(CCN)C(=O)N1CCOc2ccccc2C1. The Kier molecular flexibility index (Phi) is 4.20. The lowest BCUT2D eigenvalue weighted by molar-refractivity contribution is -0.135. The van der Waals surface area contributed by atoms with Gasteiger partial charge in [0.15, 0.2) is 0 Å². The fraction of sp³-hybridized carbons (Fsp3) is 0.500. The van der Waals surface area contributed by atoms with Crippen molar-refractivity contribution in [3.05, 3.63) is 29.8 Å². The third kappa shape index (κ3) is 2.82. The number of para-hydroxylation sites is 1. The molecule has 0 bridgehead atoms. The van der Waals surface area contributed by atoms with Crippen molar-refractivity contribution >= 4 is 5.91 Å². The van der Waals surface area contributed by atoms with Gasteiger partial charge in [0, 0.05) is 18.0 Å². The van der Waals surface area contributed by atoms with E-state index in [0.717, 1.165) is 17.7 Å². The van der Waals surface area contributed by atoms with Gasteiger partial charge in [0.05, 0.1) is 6.54 Å². The standard InChI is InChI=1S/C14H20N2O2/c1-11(6-7-15)14(17)16-8-9-18-13-5-3-2-4-12(13)10-16/h2-5,11H,6-10,15H2,1H3. The van der Waals surface area contributed by atoms with Gasteiger partial charge < -0.3 is 15.4 Å². The summed E-state index contributed by atoms with van der Waals surface area (Å²) in [6, 6.07) is 7.88. The van der Waals surface area contributed by atoms with E-state index in [1.165, 1.54) is 0 Å². The van der Waals surface area contributed by atoms with Crippen molar-refractivity contribution in [3.8, 4) is 5.75 Å². The quantitative estimate of drug-likeness (QED) is 0.879. The van der Waals surface area contributed by atoms with E-state index in [1.54, 1.807) is 0 Å². The number of fused-ring (bicyclic) bond motifs is 1.